The number of nitrogens with one attached hydrogen (secondary N) is 1. The van der Waals surface area contributed by atoms with Crippen molar-refractivity contribution in [3.05, 3.63) is 30.3 Å². The molecule has 1 aliphatic carbocycles. The number of rotatable bonds is 4. The van der Waals surface area contributed by atoms with Crippen LogP contribution in [0.15, 0.2) is 30.3 Å². The largest absolute Gasteiger partial charge is 0.371 e. The molecule has 3 N–H and O–H groups in total. The van der Waals surface area contributed by atoms with Crippen molar-refractivity contribution in [2.45, 2.75) is 50.1 Å². The number of nitrogens with two attached hydrogens (primary N) is 1. The Morgan fingerprint density at radius 2 is 1.75 bits per heavy atom. The van der Waals surface area contributed by atoms with Crippen molar-refractivity contribution >= 4 is 5.69 Å². The van der Waals surface area contributed by atoms with E-state index in [0.717, 1.165) is 32.5 Å². The summed E-state index contributed by atoms with van der Waals surface area (Å²) in [6, 6.07) is 11.5. The second-order valence-corrected chi connectivity index (χ2v) is 6.43. The van der Waals surface area contributed by atoms with E-state index in [4.69, 9.17) is 5.73 Å². The second kappa shape index (κ2) is 6.15. The molecule has 0 atom stereocenters. The van der Waals surface area contributed by atoms with E-state index in [1.165, 1.54) is 31.4 Å². The van der Waals surface area contributed by atoms with Gasteiger partial charge < -0.3 is 16.0 Å². The summed E-state index contributed by atoms with van der Waals surface area (Å²) in [6.45, 7) is 2.99. The Bertz CT molecular complexity index is 404. The van der Waals surface area contributed by atoms with Gasteiger partial charge in [0.1, 0.15) is 0 Å². The Hall–Kier alpha value is -1.06. The highest BCUT2D eigenvalue weighted by molar-refractivity contribution is 5.46. The van der Waals surface area contributed by atoms with Crippen molar-refractivity contribution in [2.24, 2.45) is 5.73 Å². The maximum Gasteiger partial charge on any atom is 0.0366 e. The van der Waals surface area contributed by atoms with Crippen LogP contribution in [0.25, 0.3) is 0 Å². The van der Waals surface area contributed by atoms with Crippen LogP contribution in [0.4, 0.5) is 5.69 Å². The third kappa shape index (κ3) is 2.99. The van der Waals surface area contributed by atoms with Gasteiger partial charge in [-0.3, -0.25) is 0 Å². The van der Waals surface area contributed by atoms with E-state index < -0.39 is 0 Å². The maximum absolute atomic E-state index is 6.12. The van der Waals surface area contributed by atoms with E-state index in [1.54, 1.807) is 0 Å². The average molecular weight is 273 g/mol. The van der Waals surface area contributed by atoms with E-state index in [2.05, 4.69) is 40.5 Å². The molecule has 1 heterocycles. The summed E-state index contributed by atoms with van der Waals surface area (Å²) in [7, 11) is 0. The molecule has 3 nitrogen and oxygen atoms in total. The first-order valence-electron chi connectivity index (χ1n) is 8.09. The predicted molar refractivity (Wildman–Crippen MR) is 85.1 cm³/mol. The van der Waals surface area contributed by atoms with E-state index in [1.807, 2.05) is 0 Å². The van der Waals surface area contributed by atoms with Crippen LogP contribution in [0.5, 0.6) is 0 Å². The first-order valence-corrected chi connectivity index (χ1v) is 8.09. The van der Waals surface area contributed by atoms with Gasteiger partial charge in [0.25, 0.3) is 0 Å². The van der Waals surface area contributed by atoms with Gasteiger partial charge in [0, 0.05) is 36.9 Å². The highest BCUT2D eigenvalue weighted by atomic mass is 15.2. The first kappa shape index (κ1) is 13.9. The molecule has 1 aromatic rings. The van der Waals surface area contributed by atoms with Crippen LogP contribution in [0.2, 0.25) is 0 Å². The summed E-state index contributed by atoms with van der Waals surface area (Å²) in [5, 5.41) is 3.90. The molecule has 0 amide bonds. The highest BCUT2D eigenvalue weighted by Gasteiger charge is 2.35. The summed E-state index contributed by atoms with van der Waals surface area (Å²) in [6.07, 6.45) is 7.76. The monoisotopic (exact) mass is 273 g/mol. The van der Waals surface area contributed by atoms with Crippen LogP contribution in [0.1, 0.15) is 38.5 Å². The van der Waals surface area contributed by atoms with Crippen LogP contribution in [-0.4, -0.2) is 31.2 Å². The van der Waals surface area contributed by atoms with Gasteiger partial charge in [-0.15, -0.1) is 0 Å². The molecule has 1 saturated heterocycles. The van der Waals surface area contributed by atoms with Crippen molar-refractivity contribution in [1.82, 2.24) is 5.32 Å². The topological polar surface area (TPSA) is 41.3 Å². The number of anilines is 1. The number of hydrogen-bond acceptors (Lipinski definition) is 3. The molecule has 2 aliphatic rings. The van der Waals surface area contributed by atoms with Gasteiger partial charge >= 0.3 is 0 Å². The Kier molecular flexibility index (Phi) is 4.27. The zero-order chi connectivity index (χ0) is 13.8. The van der Waals surface area contributed by atoms with E-state index in [-0.39, 0.29) is 5.54 Å². The molecule has 3 rings (SSSR count). The summed E-state index contributed by atoms with van der Waals surface area (Å²) in [5.74, 6) is 0. The molecule has 0 aromatic heterocycles. The second-order valence-electron chi connectivity index (χ2n) is 6.43. The minimum absolute atomic E-state index is 0.181. The maximum atomic E-state index is 6.12. The van der Waals surface area contributed by atoms with Gasteiger partial charge in [-0.05, 0) is 37.8 Å². The molecule has 0 radical (unpaired) electrons. The van der Waals surface area contributed by atoms with Crippen molar-refractivity contribution in [3.8, 4) is 0 Å². The number of nitrogens with zero attached hydrogens (tertiary/aromatic N) is 1. The van der Waals surface area contributed by atoms with Crippen molar-refractivity contribution in [2.75, 3.05) is 24.5 Å². The van der Waals surface area contributed by atoms with Crippen LogP contribution in [0.3, 0.4) is 0 Å². The molecule has 1 saturated carbocycles. The number of hydrogen-bond donors (Lipinski definition) is 2. The lowest BCUT2D eigenvalue weighted by Crippen LogP contribution is -2.60. The lowest BCUT2D eigenvalue weighted by Gasteiger charge is -2.44. The molecule has 2 fully saturated rings. The van der Waals surface area contributed by atoms with Crippen molar-refractivity contribution in [1.29, 1.82) is 0 Å². The Labute approximate surface area is 122 Å². The van der Waals surface area contributed by atoms with E-state index >= 15 is 0 Å². The molecule has 0 unspecified atom stereocenters. The fraction of sp³-hybridized carbons (Fsp3) is 0.647. The highest BCUT2D eigenvalue weighted by Crippen LogP contribution is 2.28. The summed E-state index contributed by atoms with van der Waals surface area (Å²) >= 11 is 0. The van der Waals surface area contributed by atoms with Gasteiger partial charge in [-0.25, -0.2) is 0 Å². The van der Waals surface area contributed by atoms with Gasteiger partial charge in [0.15, 0.2) is 0 Å². The van der Waals surface area contributed by atoms with Crippen LogP contribution >= 0.6 is 0 Å². The summed E-state index contributed by atoms with van der Waals surface area (Å²) in [4.78, 5) is 2.49. The quantitative estimate of drug-likeness (QED) is 0.885. The Morgan fingerprint density at radius 3 is 2.35 bits per heavy atom. The predicted octanol–water partition coefficient (Wildman–Crippen LogP) is 2.52. The summed E-state index contributed by atoms with van der Waals surface area (Å²) < 4.78 is 0. The minimum Gasteiger partial charge on any atom is -0.371 e. The van der Waals surface area contributed by atoms with Crippen LogP contribution < -0.4 is 16.0 Å². The van der Waals surface area contributed by atoms with Crippen molar-refractivity contribution < 1.29 is 0 Å². The SMILES string of the molecule is NCC1(NC2CCCC2)CCN(c2ccccc2)CC1. The molecule has 3 heteroatoms. The van der Waals surface area contributed by atoms with Gasteiger partial charge in [-0.1, -0.05) is 31.0 Å². The van der Waals surface area contributed by atoms with Gasteiger partial charge in [0.05, 0.1) is 0 Å². The van der Waals surface area contributed by atoms with E-state index in [9.17, 15) is 0 Å². The third-order valence-electron chi connectivity index (χ3n) is 5.10. The molecule has 0 spiro atoms. The third-order valence-corrected chi connectivity index (χ3v) is 5.10. The Morgan fingerprint density at radius 1 is 1.10 bits per heavy atom. The molecule has 0 bridgehead atoms. The standard InChI is InChI=1S/C17H27N3/c18-14-17(19-15-6-4-5-7-15)10-12-20(13-11-17)16-8-2-1-3-9-16/h1-3,8-9,15,19H,4-7,10-14,18H2. The molecular formula is C17H27N3. The molecule has 1 aliphatic heterocycles. The zero-order valence-corrected chi connectivity index (χ0v) is 12.4. The Balaban J connectivity index is 1.60. The normalized spacial score (nSPS) is 23.1. The molecule has 20 heavy (non-hydrogen) atoms. The number of piperidine rings is 1. The first-order chi connectivity index (χ1) is 9.81. The smallest absolute Gasteiger partial charge is 0.0366 e. The number of benzene rings is 1. The minimum atomic E-state index is 0.181. The average Bonchev–Trinajstić information content (AvgIpc) is 3.02. The van der Waals surface area contributed by atoms with E-state index in [0.29, 0.717) is 6.04 Å². The molecular weight excluding hydrogens is 246 g/mol. The zero-order valence-electron chi connectivity index (χ0n) is 12.4. The lowest BCUT2D eigenvalue weighted by molar-refractivity contribution is 0.238. The molecule has 1 aromatic carbocycles. The van der Waals surface area contributed by atoms with Crippen molar-refractivity contribution in [3.63, 3.8) is 0 Å². The van der Waals surface area contributed by atoms with Crippen LogP contribution in [0, 0.1) is 0 Å². The fourth-order valence-corrected chi connectivity index (χ4v) is 3.74. The lowest BCUT2D eigenvalue weighted by atomic mass is 9.86. The van der Waals surface area contributed by atoms with Crippen LogP contribution in [-0.2, 0) is 0 Å². The van der Waals surface area contributed by atoms with Gasteiger partial charge in [0.2, 0.25) is 0 Å². The summed E-state index contributed by atoms with van der Waals surface area (Å²) in [5.41, 5.74) is 7.65. The van der Waals surface area contributed by atoms with Gasteiger partial charge in [-0.2, -0.15) is 0 Å². The fourth-order valence-electron chi connectivity index (χ4n) is 3.74. The molecule has 110 valence electrons. The number of para-hydroxylation sites is 1.